The number of halogens is 4. The molecular weight excluding hydrogens is 923 g/mol. The average molecular weight is 972 g/mol. The molecule has 17 heteroatoms. The second kappa shape index (κ2) is 27.1. The van der Waals surface area contributed by atoms with Gasteiger partial charge in [-0.05, 0) is 120 Å². The summed E-state index contributed by atoms with van der Waals surface area (Å²) >= 11 is 28.7. The molecule has 0 radical (unpaired) electrons. The predicted octanol–water partition coefficient (Wildman–Crippen LogP) is 11.8. The van der Waals surface area contributed by atoms with Gasteiger partial charge in [-0.25, -0.2) is 9.69 Å². The lowest BCUT2D eigenvalue weighted by Gasteiger charge is -2.21. The van der Waals surface area contributed by atoms with Crippen LogP contribution in [0.4, 0.5) is 11.4 Å². The zero-order chi connectivity index (χ0) is 46.6. The molecule has 1 amide bonds. The van der Waals surface area contributed by atoms with Gasteiger partial charge >= 0.3 is 0 Å². The van der Waals surface area contributed by atoms with Crippen LogP contribution in [-0.4, -0.2) is 70.7 Å². The Balaban J connectivity index is 0.000000285. The highest BCUT2D eigenvalue weighted by molar-refractivity contribution is 7.96. The quantitative estimate of drug-likeness (QED) is 0.0632. The van der Waals surface area contributed by atoms with Crippen molar-refractivity contribution < 1.29 is 29.0 Å². The van der Waals surface area contributed by atoms with Crippen molar-refractivity contribution in [2.24, 2.45) is 5.92 Å². The number of carbonyl (C=O) groups is 2. The van der Waals surface area contributed by atoms with Crippen LogP contribution in [0.3, 0.4) is 0 Å². The first kappa shape index (κ1) is 53.0. The van der Waals surface area contributed by atoms with Gasteiger partial charge in [-0.3, -0.25) is 9.59 Å². The van der Waals surface area contributed by atoms with E-state index in [4.69, 9.17) is 68.7 Å². The maximum absolute atomic E-state index is 12.6. The Kier molecular flexibility index (Phi) is 22.8. The number of hydrogen-bond acceptors (Lipinski definition) is 9. The lowest BCUT2D eigenvalue weighted by Crippen LogP contribution is -2.40. The number of nitrogens with one attached hydrogen (secondary N) is 1. The molecule has 5 aromatic rings. The molecular formula is C46H48Cl4N5O6PS. The van der Waals surface area contributed by atoms with Crippen LogP contribution in [0.15, 0.2) is 77.2 Å². The Morgan fingerprint density at radius 3 is 1.84 bits per heavy atom. The third-order valence-electron chi connectivity index (χ3n) is 9.80. The van der Waals surface area contributed by atoms with Gasteiger partial charge in [0.1, 0.15) is 0 Å². The van der Waals surface area contributed by atoms with E-state index in [1.165, 1.54) is 25.8 Å². The first-order valence-corrected chi connectivity index (χ1v) is 23.5. The van der Waals surface area contributed by atoms with Crippen LogP contribution in [0.25, 0.3) is 21.1 Å². The van der Waals surface area contributed by atoms with Crippen LogP contribution in [-0.2, 0) is 34.2 Å². The molecule has 6 rings (SSSR count). The van der Waals surface area contributed by atoms with Crippen molar-refractivity contribution in [3.63, 3.8) is 0 Å². The second-order valence-corrected chi connectivity index (χ2v) is 17.4. The summed E-state index contributed by atoms with van der Waals surface area (Å²) in [6.45, 7) is 24.8. The predicted molar refractivity (Wildman–Crippen MR) is 256 cm³/mol. The van der Waals surface area contributed by atoms with E-state index in [9.17, 15) is 19.8 Å². The third-order valence-corrected chi connectivity index (χ3v) is 11.2. The zero-order valence-electron chi connectivity index (χ0n) is 35.4. The van der Waals surface area contributed by atoms with Gasteiger partial charge in [0.15, 0.2) is 5.78 Å². The minimum Gasteiger partial charge on any atom is -0.420 e. The fourth-order valence-electron chi connectivity index (χ4n) is 6.15. The molecule has 1 fully saturated rings. The Bertz CT molecular complexity index is 2410. The lowest BCUT2D eigenvalue weighted by molar-refractivity contribution is -0.127. The van der Waals surface area contributed by atoms with E-state index < -0.39 is 30.0 Å². The lowest BCUT2D eigenvalue weighted by atomic mass is 9.91. The molecule has 2 heterocycles. The Labute approximate surface area is 395 Å². The van der Waals surface area contributed by atoms with Crippen LogP contribution < -0.4 is 5.32 Å². The standard InChI is InChI=1S/C21H20Cl2N2O3.C20H17Cl2N3O2.C4H8O.CH3PS/c1-12-14(7-8-18(24-3)20(12)23)10-17(13(2)26)21(28)25-11-19(27)15-5-4-6-16(22)9-15;1-11-13(7-8-17(23-3)18(11)22)10-16(12(2)26)20-25-24-19(27-20)14-5-4-6-15(21)9-14;1-2-4-5-3-1;1-2-3/h4-9,13,17,26H,10-11H2,1-2H3,(H,25,28);4-9,12,16,26H,10H2,1-2H3;1-4H2;1H3/t13-,17+;12-,16+;;/m00../s1. The van der Waals surface area contributed by atoms with Gasteiger partial charge in [-0.15, -0.1) is 10.2 Å². The fraction of sp³-hybridized carbons (Fsp3) is 0.348. The Hall–Kier alpha value is -4.30. The molecule has 3 N–H and O–H groups in total. The number of Topliss-reactive ketones (excluding diaryl/α,β-unsaturated/α-hetero) is 1. The number of aliphatic hydroxyl groups is 2. The van der Waals surface area contributed by atoms with Crippen molar-refractivity contribution in [2.45, 2.75) is 71.5 Å². The van der Waals surface area contributed by atoms with Crippen LogP contribution >= 0.6 is 53.8 Å². The van der Waals surface area contributed by atoms with Gasteiger partial charge in [0.05, 0.1) is 53.8 Å². The van der Waals surface area contributed by atoms with Crippen molar-refractivity contribution in [1.82, 2.24) is 15.5 Å². The second-order valence-electron chi connectivity index (χ2n) is 14.3. The molecule has 0 spiro atoms. The highest BCUT2D eigenvalue weighted by Gasteiger charge is 2.27. The first-order chi connectivity index (χ1) is 30.1. The molecule has 0 bridgehead atoms. The molecule has 1 aromatic heterocycles. The molecule has 1 aliphatic rings. The van der Waals surface area contributed by atoms with Crippen molar-refractivity contribution in [1.29, 1.82) is 0 Å². The number of benzene rings is 4. The van der Waals surface area contributed by atoms with Gasteiger partial charge in [-0.2, -0.15) is 0 Å². The van der Waals surface area contributed by atoms with E-state index in [1.807, 2.05) is 25.7 Å². The van der Waals surface area contributed by atoms with Crippen LogP contribution in [0.1, 0.15) is 71.1 Å². The smallest absolute Gasteiger partial charge is 0.247 e. The zero-order valence-corrected chi connectivity index (χ0v) is 40.1. The third kappa shape index (κ3) is 16.3. The van der Waals surface area contributed by atoms with Crippen LogP contribution in [0.2, 0.25) is 20.1 Å². The topological polar surface area (TPSA) is 144 Å². The van der Waals surface area contributed by atoms with E-state index >= 15 is 0 Å². The maximum Gasteiger partial charge on any atom is 0.247 e. The maximum atomic E-state index is 12.6. The highest BCUT2D eigenvalue weighted by atomic mass is 35.5. The number of aliphatic hydroxyl groups excluding tert-OH is 2. The van der Waals surface area contributed by atoms with E-state index in [-0.39, 0.29) is 18.7 Å². The molecule has 1 aliphatic heterocycles. The van der Waals surface area contributed by atoms with E-state index in [0.717, 1.165) is 37.3 Å². The Morgan fingerprint density at radius 1 is 0.825 bits per heavy atom. The summed E-state index contributed by atoms with van der Waals surface area (Å²) < 4.78 is 10.8. The first-order valence-electron chi connectivity index (χ1n) is 19.7. The minimum atomic E-state index is -0.931. The van der Waals surface area contributed by atoms with Gasteiger partial charge in [0.25, 0.3) is 0 Å². The molecule has 0 aliphatic carbocycles. The fourth-order valence-corrected chi connectivity index (χ4v) is 6.99. The summed E-state index contributed by atoms with van der Waals surface area (Å²) in [5.41, 5.74) is 5.06. The van der Waals surface area contributed by atoms with E-state index in [2.05, 4.69) is 37.0 Å². The van der Waals surface area contributed by atoms with E-state index in [0.29, 0.717) is 66.4 Å². The number of hydrogen-bond donors (Lipinski definition) is 3. The summed E-state index contributed by atoms with van der Waals surface area (Å²) in [4.78, 5) is 31.6. The van der Waals surface area contributed by atoms with Crippen molar-refractivity contribution in [3.8, 4) is 11.5 Å². The summed E-state index contributed by atoms with van der Waals surface area (Å²) in [5, 5.41) is 32.9. The molecule has 4 atom stereocenters. The molecule has 332 valence electrons. The van der Waals surface area contributed by atoms with Crippen LogP contribution in [0.5, 0.6) is 0 Å². The number of carbonyl (C=O) groups excluding carboxylic acids is 2. The number of nitrogens with zero attached hydrogens (tertiary/aromatic N) is 4. The van der Waals surface area contributed by atoms with Crippen molar-refractivity contribution in [3.05, 3.63) is 149 Å². The Morgan fingerprint density at radius 2 is 1.37 bits per heavy atom. The van der Waals surface area contributed by atoms with Gasteiger partial charge in [0.2, 0.25) is 29.1 Å². The average Bonchev–Trinajstić information content (AvgIpc) is 4.01. The summed E-state index contributed by atoms with van der Waals surface area (Å²) in [6.07, 6.45) is 1.61. The number of ether oxygens (including phenoxy) is 1. The van der Waals surface area contributed by atoms with Crippen molar-refractivity contribution >= 4 is 88.6 Å². The van der Waals surface area contributed by atoms with Gasteiger partial charge in [0, 0.05) is 34.4 Å². The van der Waals surface area contributed by atoms with Gasteiger partial charge < -0.3 is 24.7 Å². The summed E-state index contributed by atoms with van der Waals surface area (Å²) in [5.74, 6) is -1.20. The number of amides is 1. The normalized spacial score (nSPS) is 13.5. The van der Waals surface area contributed by atoms with Gasteiger partial charge in [-0.1, -0.05) is 101 Å². The molecule has 4 aromatic carbocycles. The van der Waals surface area contributed by atoms with Crippen molar-refractivity contribution in [2.75, 3.05) is 26.4 Å². The minimum absolute atomic E-state index is 0.196. The van der Waals surface area contributed by atoms with Crippen LogP contribution in [0, 0.1) is 32.9 Å². The summed E-state index contributed by atoms with van der Waals surface area (Å²) in [6, 6.07) is 20.5. The molecule has 63 heavy (non-hydrogen) atoms. The number of rotatable bonds is 12. The summed E-state index contributed by atoms with van der Waals surface area (Å²) in [7, 11) is 1.00. The molecule has 0 unspecified atom stereocenters. The SMILES string of the molecule is C1CCOC1.CP=S.[C-]#[N+]c1ccc(C[C@@H](C(=O)NCC(=O)c2cccc(Cl)c2)[C@H](C)O)c(C)c1Cl.[C-]#[N+]c1ccc(C[C@@H](c2nnc(-c3cccc(Cl)c3)o2)[C@H](C)O)c(C)c1Cl. The molecule has 11 nitrogen and oxygen atoms in total. The largest absolute Gasteiger partial charge is 0.420 e. The van der Waals surface area contributed by atoms with E-state index in [1.54, 1.807) is 68.4 Å². The number of aromatic nitrogens is 2. The molecule has 0 saturated carbocycles. The highest BCUT2D eigenvalue weighted by Crippen LogP contribution is 2.35. The monoisotopic (exact) mass is 969 g/mol. The number of ketones is 1. The molecule has 1 saturated heterocycles.